The molecule has 1 aromatic heterocycles. The SMILES string of the molecule is COc1ccc2cc(C3(C)NC(=O)N(Cc4nnnn4-c4ccccc4)C3=O)ccc2c1. The van der Waals surface area contributed by atoms with Crippen molar-refractivity contribution in [3.8, 4) is 11.4 Å². The van der Waals surface area contributed by atoms with Crippen molar-refractivity contribution in [2.45, 2.75) is 19.0 Å². The van der Waals surface area contributed by atoms with Crippen LogP contribution in [0.25, 0.3) is 16.5 Å². The summed E-state index contributed by atoms with van der Waals surface area (Å²) in [7, 11) is 1.62. The van der Waals surface area contributed by atoms with Gasteiger partial charge in [0.05, 0.1) is 19.3 Å². The Hall–Kier alpha value is -4.27. The van der Waals surface area contributed by atoms with Gasteiger partial charge in [-0.05, 0) is 64.0 Å². The molecular weight excluding hydrogens is 408 g/mol. The van der Waals surface area contributed by atoms with Crippen LogP contribution in [0.3, 0.4) is 0 Å². The summed E-state index contributed by atoms with van der Waals surface area (Å²) in [4.78, 5) is 27.3. The minimum atomic E-state index is -1.20. The smallest absolute Gasteiger partial charge is 0.325 e. The first kappa shape index (κ1) is 19.7. The second-order valence-corrected chi connectivity index (χ2v) is 7.72. The fourth-order valence-electron chi connectivity index (χ4n) is 3.91. The molecule has 4 aromatic rings. The molecule has 0 spiro atoms. The Morgan fingerprint density at radius 2 is 1.75 bits per heavy atom. The molecule has 1 saturated heterocycles. The van der Waals surface area contributed by atoms with Crippen molar-refractivity contribution in [1.82, 2.24) is 30.4 Å². The number of ether oxygens (including phenoxy) is 1. The van der Waals surface area contributed by atoms with Gasteiger partial charge in [0.1, 0.15) is 11.3 Å². The van der Waals surface area contributed by atoms with Crippen LogP contribution in [0.2, 0.25) is 0 Å². The number of methoxy groups -OCH3 is 1. The minimum absolute atomic E-state index is 0.0487. The Morgan fingerprint density at radius 1 is 1.00 bits per heavy atom. The molecule has 1 fully saturated rings. The zero-order valence-corrected chi connectivity index (χ0v) is 17.5. The van der Waals surface area contributed by atoms with Crippen LogP contribution in [0.15, 0.2) is 66.7 Å². The summed E-state index contributed by atoms with van der Waals surface area (Å²) < 4.78 is 6.79. The van der Waals surface area contributed by atoms with E-state index in [-0.39, 0.29) is 12.5 Å². The standard InChI is InChI=1S/C23H20N6O3/c1-23(17-10-8-16-13-19(32-2)11-9-15(16)12-17)21(30)28(22(31)24-23)14-20-25-26-27-29(20)18-6-4-3-5-7-18/h3-13H,14H2,1-2H3,(H,24,31). The highest BCUT2D eigenvalue weighted by Gasteiger charge is 2.49. The number of benzene rings is 3. The van der Waals surface area contributed by atoms with Gasteiger partial charge in [0, 0.05) is 0 Å². The number of hydrogen-bond donors (Lipinski definition) is 1. The topological polar surface area (TPSA) is 102 Å². The first-order valence-corrected chi connectivity index (χ1v) is 10.0. The zero-order valence-electron chi connectivity index (χ0n) is 17.5. The molecule has 32 heavy (non-hydrogen) atoms. The maximum atomic E-state index is 13.4. The lowest BCUT2D eigenvalue weighted by molar-refractivity contribution is -0.131. The van der Waals surface area contributed by atoms with Crippen LogP contribution in [-0.4, -0.2) is 44.2 Å². The number of carbonyl (C=O) groups excluding carboxylic acids is 2. The third-order valence-electron chi connectivity index (χ3n) is 5.73. The summed E-state index contributed by atoms with van der Waals surface area (Å²) in [5.74, 6) is 0.775. The number of aromatic nitrogens is 4. The number of tetrazole rings is 1. The van der Waals surface area contributed by atoms with Gasteiger partial charge in [-0.2, -0.15) is 4.68 Å². The van der Waals surface area contributed by atoms with E-state index in [4.69, 9.17) is 4.74 Å². The maximum absolute atomic E-state index is 13.4. The van der Waals surface area contributed by atoms with Crippen molar-refractivity contribution in [2.24, 2.45) is 0 Å². The van der Waals surface area contributed by atoms with Crippen molar-refractivity contribution in [3.63, 3.8) is 0 Å². The largest absolute Gasteiger partial charge is 0.497 e. The van der Waals surface area contributed by atoms with Gasteiger partial charge in [0.25, 0.3) is 5.91 Å². The van der Waals surface area contributed by atoms with Gasteiger partial charge < -0.3 is 10.1 Å². The number of amides is 3. The van der Waals surface area contributed by atoms with Gasteiger partial charge >= 0.3 is 6.03 Å². The van der Waals surface area contributed by atoms with Crippen LogP contribution < -0.4 is 10.1 Å². The molecule has 1 N–H and O–H groups in total. The lowest BCUT2D eigenvalue weighted by Crippen LogP contribution is -2.40. The van der Waals surface area contributed by atoms with Gasteiger partial charge in [-0.1, -0.05) is 36.4 Å². The second kappa shape index (κ2) is 7.45. The lowest BCUT2D eigenvalue weighted by atomic mass is 9.90. The van der Waals surface area contributed by atoms with E-state index in [1.165, 1.54) is 4.68 Å². The molecule has 3 aromatic carbocycles. The molecule has 9 heteroatoms. The van der Waals surface area contributed by atoms with E-state index in [1.54, 1.807) is 14.0 Å². The summed E-state index contributed by atoms with van der Waals surface area (Å²) in [6.07, 6.45) is 0. The predicted octanol–water partition coefficient (Wildman–Crippen LogP) is 2.79. The van der Waals surface area contributed by atoms with E-state index in [1.807, 2.05) is 66.7 Å². The Balaban J connectivity index is 1.45. The Bertz CT molecular complexity index is 1340. The number of urea groups is 1. The molecule has 5 rings (SSSR count). The van der Waals surface area contributed by atoms with Crippen molar-refractivity contribution < 1.29 is 14.3 Å². The van der Waals surface area contributed by atoms with Gasteiger partial charge in [-0.25, -0.2) is 4.79 Å². The number of nitrogens with zero attached hydrogens (tertiary/aromatic N) is 5. The van der Waals surface area contributed by atoms with E-state index in [9.17, 15) is 9.59 Å². The fourth-order valence-corrected chi connectivity index (χ4v) is 3.91. The van der Waals surface area contributed by atoms with Crippen LogP contribution in [0.5, 0.6) is 5.75 Å². The number of rotatable bonds is 5. The van der Waals surface area contributed by atoms with Gasteiger partial charge in [-0.15, -0.1) is 5.10 Å². The highest BCUT2D eigenvalue weighted by Crippen LogP contribution is 2.32. The number of fused-ring (bicyclic) bond motifs is 1. The van der Waals surface area contributed by atoms with Crippen LogP contribution in [0, 0.1) is 0 Å². The van der Waals surface area contributed by atoms with E-state index >= 15 is 0 Å². The van der Waals surface area contributed by atoms with E-state index in [0.29, 0.717) is 11.4 Å². The summed E-state index contributed by atoms with van der Waals surface area (Å²) in [6, 6.07) is 20.2. The third-order valence-corrected chi connectivity index (χ3v) is 5.73. The first-order chi connectivity index (χ1) is 15.5. The molecule has 1 aliphatic rings. The van der Waals surface area contributed by atoms with Crippen molar-refractivity contribution in [3.05, 3.63) is 78.1 Å². The molecule has 1 aliphatic heterocycles. The Labute approximate surface area is 183 Å². The summed E-state index contributed by atoms with van der Waals surface area (Å²) in [5, 5.41) is 16.5. The van der Waals surface area contributed by atoms with Gasteiger partial charge in [0.15, 0.2) is 5.82 Å². The third kappa shape index (κ3) is 3.15. The average molecular weight is 428 g/mol. The van der Waals surface area contributed by atoms with Crippen molar-refractivity contribution >= 4 is 22.7 Å². The maximum Gasteiger partial charge on any atom is 0.325 e. The quantitative estimate of drug-likeness (QED) is 0.491. The highest BCUT2D eigenvalue weighted by molar-refractivity contribution is 6.07. The fraction of sp³-hybridized carbons (Fsp3) is 0.174. The molecule has 1 atom stereocenters. The number of para-hydroxylation sites is 1. The molecule has 0 saturated carbocycles. The summed E-state index contributed by atoms with van der Waals surface area (Å²) in [5.41, 5.74) is 0.238. The number of nitrogens with one attached hydrogen (secondary N) is 1. The summed E-state index contributed by atoms with van der Waals surface area (Å²) in [6.45, 7) is 1.66. The Morgan fingerprint density at radius 3 is 2.53 bits per heavy atom. The monoisotopic (exact) mass is 428 g/mol. The molecule has 9 nitrogen and oxygen atoms in total. The zero-order chi connectivity index (χ0) is 22.3. The molecule has 1 unspecified atom stereocenters. The van der Waals surface area contributed by atoms with Crippen LogP contribution in [0.1, 0.15) is 18.3 Å². The van der Waals surface area contributed by atoms with Crippen LogP contribution in [-0.2, 0) is 16.9 Å². The predicted molar refractivity (Wildman–Crippen MR) is 116 cm³/mol. The van der Waals surface area contributed by atoms with E-state index < -0.39 is 11.6 Å². The number of carbonyl (C=O) groups is 2. The van der Waals surface area contributed by atoms with Gasteiger partial charge in [0.2, 0.25) is 0 Å². The normalized spacial score (nSPS) is 18.2. The van der Waals surface area contributed by atoms with Gasteiger partial charge in [-0.3, -0.25) is 9.69 Å². The van der Waals surface area contributed by atoms with Crippen LogP contribution in [0.4, 0.5) is 4.79 Å². The van der Waals surface area contributed by atoms with Crippen LogP contribution >= 0.6 is 0 Å². The average Bonchev–Trinajstić information content (AvgIpc) is 3.37. The molecule has 3 amide bonds. The number of hydrogen-bond acceptors (Lipinski definition) is 6. The van der Waals surface area contributed by atoms with E-state index in [2.05, 4.69) is 20.8 Å². The van der Waals surface area contributed by atoms with E-state index in [0.717, 1.165) is 27.1 Å². The van der Waals surface area contributed by atoms with Crippen molar-refractivity contribution in [2.75, 3.05) is 7.11 Å². The highest BCUT2D eigenvalue weighted by atomic mass is 16.5. The first-order valence-electron chi connectivity index (χ1n) is 10.0. The molecule has 0 aliphatic carbocycles. The second-order valence-electron chi connectivity index (χ2n) is 7.72. The molecular formula is C23H20N6O3. The number of imide groups is 1. The van der Waals surface area contributed by atoms with Crippen molar-refractivity contribution in [1.29, 1.82) is 0 Å². The minimum Gasteiger partial charge on any atom is -0.497 e. The molecule has 160 valence electrons. The molecule has 0 radical (unpaired) electrons. The lowest BCUT2D eigenvalue weighted by Gasteiger charge is -2.22. The molecule has 0 bridgehead atoms. The Kier molecular flexibility index (Phi) is 4.58. The molecule has 2 heterocycles. The summed E-state index contributed by atoms with van der Waals surface area (Å²) >= 11 is 0.